The van der Waals surface area contributed by atoms with Crippen molar-refractivity contribution in [2.75, 3.05) is 19.8 Å². The van der Waals surface area contributed by atoms with Gasteiger partial charge in [0.1, 0.15) is 18.5 Å². The van der Waals surface area contributed by atoms with Gasteiger partial charge in [-0.2, -0.15) is 0 Å². The van der Waals surface area contributed by atoms with E-state index in [9.17, 15) is 0 Å². The van der Waals surface area contributed by atoms with Crippen LogP contribution in [0.5, 0.6) is 5.75 Å². The number of epoxide rings is 1. The normalized spacial score (nSPS) is 28.9. The summed E-state index contributed by atoms with van der Waals surface area (Å²) in [5.74, 6) is 0.870. The molecular formula is C16H18O4. The molecule has 2 unspecified atom stereocenters. The molecule has 2 heterocycles. The molecule has 2 saturated heterocycles. The zero-order valence-corrected chi connectivity index (χ0v) is 11.3. The van der Waals surface area contributed by atoms with Gasteiger partial charge in [0.05, 0.1) is 19.3 Å². The lowest BCUT2D eigenvalue weighted by Crippen LogP contribution is -2.38. The van der Waals surface area contributed by atoms with Gasteiger partial charge in [0, 0.05) is 0 Å². The van der Waals surface area contributed by atoms with E-state index in [0.717, 1.165) is 31.8 Å². The molecule has 4 rings (SSSR count). The van der Waals surface area contributed by atoms with Crippen molar-refractivity contribution in [1.82, 2.24) is 0 Å². The highest BCUT2D eigenvalue weighted by Crippen LogP contribution is 2.32. The van der Waals surface area contributed by atoms with E-state index in [1.807, 2.05) is 12.1 Å². The Hall–Kier alpha value is -1.36. The Balaban J connectivity index is 1.35. The maximum Gasteiger partial charge on any atom is 0.223 e. The van der Waals surface area contributed by atoms with E-state index >= 15 is 0 Å². The van der Waals surface area contributed by atoms with Crippen LogP contribution in [-0.4, -0.2) is 38.3 Å². The molecule has 0 aromatic heterocycles. The van der Waals surface area contributed by atoms with Crippen molar-refractivity contribution >= 4 is 5.57 Å². The standard InChI is InChI=1S/C16H18O4/c1-4-13(20-16-10-18-16)5-2-11(1)12-3-6-14(7-12)19-15-8-17-9-15/h1-5,14-16H,6-10H2. The Morgan fingerprint density at radius 3 is 2.45 bits per heavy atom. The summed E-state index contributed by atoms with van der Waals surface area (Å²) in [4.78, 5) is 0. The Morgan fingerprint density at radius 2 is 1.80 bits per heavy atom. The first-order chi connectivity index (χ1) is 9.87. The first kappa shape index (κ1) is 12.4. The van der Waals surface area contributed by atoms with E-state index in [2.05, 4.69) is 18.2 Å². The number of rotatable bonds is 5. The van der Waals surface area contributed by atoms with Crippen LogP contribution >= 0.6 is 0 Å². The van der Waals surface area contributed by atoms with Crippen molar-refractivity contribution in [3.63, 3.8) is 0 Å². The van der Waals surface area contributed by atoms with Crippen molar-refractivity contribution in [3.8, 4) is 5.75 Å². The monoisotopic (exact) mass is 274 g/mol. The fraction of sp³-hybridized carbons (Fsp3) is 0.500. The van der Waals surface area contributed by atoms with E-state index in [1.165, 1.54) is 11.1 Å². The second-order valence-corrected chi connectivity index (χ2v) is 5.49. The second-order valence-electron chi connectivity index (χ2n) is 5.49. The molecule has 2 atom stereocenters. The molecule has 4 heteroatoms. The van der Waals surface area contributed by atoms with Gasteiger partial charge < -0.3 is 18.9 Å². The highest BCUT2D eigenvalue weighted by atomic mass is 16.8. The van der Waals surface area contributed by atoms with Crippen LogP contribution in [-0.2, 0) is 14.2 Å². The summed E-state index contributed by atoms with van der Waals surface area (Å²) in [6, 6.07) is 8.23. The molecule has 2 aliphatic heterocycles. The van der Waals surface area contributed by atoms with E-state index in [0.29, 0.717) is 18.8 Å². The average Bonchev–Trinajstić information content (AvgIpc) is 3.11. The number of ether oxygens (including phenoxy) is 4. The summed E-state index contributed by atoms with van der Waals surface area (Å²) >= 11 is 0. The largest absolute Gasteiger partial charge is 0.462 e. The predicted molar refractivity (Wildman–Crippen MR) is 73.5 cm³/mol. The maximum atomic E-state index is 5.97. The maximum absolute atomic E-state index is 5.97. The minimum atomic E-state index is -0.0333. The predicted octanol–water partition coefficient (Wildman–Crippen LogP) is 2.38. The third-order valence-corrected chi connectivity index (χ3v) is 3.86. The summed E-state index contributed by atoms with van der Waals surface area (Å²) in [6.07, 6.45) is 4.86. The zero-order valence-electron chi connectivity index (χ0n) is 11.3. The lowest BCUT2D eigenvalue weighted by atomic mass is 10.0. The molecule has 2 fully saturated rings. The third-order valence-electron chi connectivity index (χ3n) is 3.86. The quantitative estimate of drug-likeness (QED) is 0.773. The first-order valence-corrected chi connectivity index (χ1v) is 7.18. The van der Waals surface area contributed by atoms with Gasteiger partial charge in [-0.05, 0) is 36.1 Å². The smallest absolute Gasteiger partial charge is 0.223 e. The van der Waals surface area contributed by atoms with Crippen LogP contribution in [0, 0.1) is 0 Å². The van der Waals surface area contributed by atoms with E-state index in [4.69, 9.17) is 18.9 Å². The van der Waals surface area contributed by atoms with Gasteiger partial charge in [-0.25, -0.2) is 0 Å². The van der Waals surface area contributed by atoms with Crippen molar-refractivity contribution in [3.05, 3.63) is 35.9 Å². The number of hydrogen-bond acceptors (Lipinski definition) is 4. The van der Waals surface area contributed by atoms with Crippen molar-refractivity contribution in [1.29, 1.82) is 0 Å². The van der Waals surface area contributed by atoms with Crippen LogP contribution in [0.3, 0.4) is 0 Å². The summed E-state index contributed by atoms with van der Waals surface area (Å²) < 4.78 is 21.7. The molecule has 4 nitrogen and oxygen atoms in total. The van der Waals surface area contributed by atoms with Gasteiger partial charge in [-0.1, -0.05) is 18.2 Å². The Morgan fingerprint density at radius 1 is 1.00 bits per heavy atom. The fourth-order valence-electron chi connectivity index (χ4n) is 2.60. The Kier molecular flexibility index (Phi) is 3.22. The summed E-state index contributed by atoms with van der Waals surface area (Å²) in [6.45, 7) is 2.21. The molecule has 0 radical (unpaired) electrons. The Labute approximate surface area is 118 Å². The van der Waals surface area contributed by atoms with Gasteiger partial charge in [0.25, 0.3) is 0 Å². The van der Waals surface area contributed by atoms with Crippen LogP contribution < -0.4 is 4.74 Å². The van der Waals surface area contributed by atoms with Crippen molar-refractivity contribution < 1.29 is 18.9 Å². The SMILES string of the molecule is C1=C(c2ccc(OC3CO3)cc2)CC(OC2COC2)C1. The summed E-state index contributed by atoms with van der Waals surface area (Å²) in [5, 5.41) is 0. The van der Waals surface area contributed by atoms with Crippen molar-refractivity contribution in [2.45, 2.75) is 31.3 Å². The molecule has 0 amide bonds. The van der Waals surface area contributed by atoms with Crippen LogP contribution in [0.1, 0.15) is 18.4 Å². The molecule has 3 aliphatic rings. The van der Waals surface area contributed by atoms with Crippen LogP contribution in [0.4, 0.5) is 0 Å². The third kappa shape index (κ3) is 2.73. The molecular weight excluding hydrogens is 256 g/mol. The molecule has 20 heavy (non-hydrogen) atoms. The summed E-state index contributed by atoms with van der Waals surface area (Å²) in [7, 11) is 0. The minimum Gasteiger partial charge on any atom is -0.462 e. The van der Waals surface area contributed by atoms with Gasteiger partial charge in [-0.3, -0.25) is 0 Å². The van der Waals surface area contributed by atoms with Crippen molar-refractivity contribution in [2.24, 2.45) is 0 Å². The van der Waals surface area contributed by atoms with E-state index < -0.39 is 0 Å². The molecule has 1 aliphatic carbocycles. The van der Waals surface area contributed by atoms with Crippen LogP contribution in [0.15, 0.2) is 30.3 Å². The van der Waals surface area contributed by atoms with Gasteiger partial charge in [-0.15, -0.1) is 0 Å². The minimum absolute atomic E-state index is 0.0333. The highest BCUT2D eigenvalue weighted by Gasteiger charge is 2.27. The number of hydrogen-bond donors (Lipinski definition) is 0. The van der Waals surface area contributed by atoms with E-state index in [1.54, 1.807) is 0 Å². The average molecular weight is 274 g/mol. The lowest BCUT2D eigenvalue weighted by Gasteiger charge is -2.29. The summed E-state index contributed by atoms with van der Waals surface area (Å²) in [5.41, 5.74) is 2.62. The lowest BCUT2D eigenvalue weighted by molar-refractivity contribution is -0.151. The molecule has 0 saturated carbocycles. The van der Waals surface area contributed by atoms with Gasteiger partial charge >= 0.3 is 0 Å². The Bertz CT molecular complexity index is 500. The van der Waals surface area contributed by atoms with Crippen LogP contribution in [0.25, 0.3) is 5.57 Å². The molecule has 0 N–H and O–H groups in total. The molecule has 1 aromatic rings. The molecule has 1 aromatic carbocycles. The highest BCUT2D eigenvalue weighted by molar-refractivity contribution is 5.68. The topological polar surface area (TPSA) is 40.2 Å². The number of benzene rings is 1. The molecule has 0 bridgehead atoms. The second kappa shape index (κ2) is 5.20. The van der Waals surface area contributed by atoms with Gasteiger partial charge in [0.2, 0.25) is 6.29 Å². The zero-order chi connectivity index (χ0) is 13.4. The fourth-order valence-corrected chi connectivity index (χ4v) is 2.60. The molecule has 0 spiro atoms. The first-order valence-electron chi connectivity index (χ1n) is 7.18. The van der Waals surface area contributed by atoms with Gasteiger partial charge in [0.15, 0.2) is 0 Å². The molecule has 106 valence electrons. The van der Waals surface area contributed by atoms with E-state index in [-0.39, 0.29) is 6.29 Å². The van der Waals surface area contributed by atoms with Crippen LogP contribution in [0.2, 0.25) is 0 Å².